The zero-order chi connectivity index (χ0) is 11.8. The van der Waals surface area contributed by atoms with Gasteiger partial charge in [0, 0.05) is 26.1 Å². The molecule has 90 valence electrons. The lowest BCUT2D eigenvalue weighted by atomic mass is 10.2. The van der Waals surface area contributed by atoms with Crippen molar-refractivity contribution in [3.63, 3.8) is 0 Å². The summed E-state index contributed by atoms with van der Waals surface area (Å²) in [7, 11) is 0. The summed E-state index contributed by atoms with van der Waals surface area (Å²) in [5.74, 6) is 2.83. The van der Waals surface area contributed by atoms with Crippen LogP contribution < -0.4 is 5.32 Å². The molecular weight excluding hydrogens is 204 g/mol. The topological polar surface area (TPSA) is 41.6 Å². The average molecular weight is 224 g/mol. The highest BCUT2D eigenvalue weighted by atomic mass is 16.5. The van der Waals surface area contributed by atoms with Crippen molar-refractivity contribution in [1.82, 2.24) is 10.2 Å². The van der Waals surface area contributed by atoms with Gasteiger partial charge in [0.05, 0.1) is 19.3 Å². The van der Waals surface area contributed by atoms with Crippen LogP contribution in [-0.4, -0.2) is 49.7 Å². The molecular formula is C12H20N2O2. The van der Waals surface area contributed by atoms with Crippen molar-refractivity contribution in [3.8, 4) is 12.3 Å². The first-order valence-corrected chi connectivity index (χ1v) is 5.83. The average Bonchev–Trinajstić information content (AvgIpc) is 2.35. The first kappa shape index (κ1) is 13.0. The molecule has 1 aliphatic rings. The minimum absolute atomic E-state index is 0.0810. The van der Waals surface area contributed by atoms with Crippen LogP contribution in [0.25, 0.3) is 0 Å². The lowest BCUT2D eigenvalue weighted by molar-refractivity contribution is -0.135. The third-order valence-electron chi connectivity index (χ3n) is 2.70. The van der Waals surface area contributed by atoms with E-state index in [1.807, 2.05) is 11.8 Å². The summed E-state index contributed by atoms with van der Waals surface area (Å²) >= 11 is 0. The normalized spacial score (nSPS) is 17.9. The molecule has 1 saturated heterocycles. The number of morpholine rings is 1. The van der Waals surface area contributed by atoms with Crippen LogP contribution >= 0.6 is 0 Å². The van der Waals surface area contributed by atoms with Gasteiger partial charge in [0.1, 0.15) is 0 Å². The predicted molar refractivity (Wildman–Crippen MR) is 62.9 cm³/mol. The highest BCUT2D eigenvalue weighted by Gasteiger charge is 2.16. The van der Waals surface area contributed by atoms with Gasteiger partial charge in [0.15, 0.2) is 0 Å². The van der Waals surface area contributed by atoms with E-state index in [4.69, 9.17) is 11.2 Å². The molecule has 1 unspecified atom stereocenters. The molecule has 1 aliphatic heterocycles. The largest absolute Gasteiger partial charge is 0.378 e. The summed E-state index contributed by atoms with van der Waals surface area (Å²) in [5.41, 5.74) is 0. The molecule has 1 rings (SSSR count). The first-order valence-electron chi connectivity index (χ1n) is 5.83. The Kier molecular flexibility index (Phi) is 5.91. The SMILES string of the molecule is C#CC(CC)NCCC(=O)N1CCOCC1. The van der Waals surface area contributed by atoms with Crippen LogP contribution in [-0.2, 0) is 9.53 Å². The maximum atomic E-state index is 11.7. The second kappa shape index (κ2) is 7.26. The summed E-state index contributed by atoms with van der Waals surface area (Å²) in [6, 6.07) is 0.0810. The molecule has 1 atom stereocenters. The van der Waals surface area contributed by atoms with E-state index in [1.165, 1.54) is 0 Å². The molecule has 0 spiro atoms. The summed E-state index contributed by atoms with van der Waals surface area (Å²) in [5, 5.41) is 3.17. The fourth-order valence-corrected chi connectivity index (χ4v) is 1.65. The minimum atomic E-state index is 0.0810. The third kappa shape index (κ3) is 4.21. The zero-order valence-electron chi connectivity index (χ0n) is 9.87. The second-order valence-corrected chi connectivity index (χ2v) is 3.82. The van der Waals surface area contributed by atoms with Crippen molar-refractivity contribution in [2.75, 3.05) is 32.8 Å². The Labute approximate surface area is 97.3 Å². The maximum absolute atomic E-state index is 11.7. The lowest BCUT2D eigenvalue weighted by Gasteiger charge is -2.27. The van der Waals surface area contributed by atoms with Crippen molar-refractivity contribution in [1.29, 1.82) is 0 Å². The van der Waals surface area contributed by atoms with Gasteiger partial charge in [-0.05, 0) is 6.42 Å². The maximum Gasteiger partial charge on any atom is 0.224 e. The van der Waals surface area contributed by atoms with E-state index in [0.29, 0.717) is 39.3 Å². The number of ether oxygens (including phenoxy) is 1. The molecule has 0 bridgehead atoms. The van der Waals surface area contributed by atoms with E-state index < -0.39 is 0 Å². The molecule has 1 heterocycles. The number of hydrogen-bond donors (Lipinski definition) is 1. The number of amides is 1. The van der Waals surface area contributed by atoms with Crippen LogP contribution in [0.1, 0.15) is 19.8 Å². The number of hydrogen-bond acceptors (Lipinski definition) is 3. The van der Waals surface area contributed by atoms with E-state index in [-0.39, 0.29) is 11.9 Å². The monoisotopic (exact) mass is 224 g/mol. The number of carbonyl (C=O) groups excluding carboxylic acids is 1. The summed E-state index contributed by atoms with van der Waals surface area (Å²) < 4.78 is 5.19. The predicted octanol–water partition coefficient (Wildman–Crippen LogP) is 0.237. The summed E-state index contributed by atoms with van der Waals surface area (Å²) in [6.45, 7) is 5.42. The van der Waals surface area contributed by atoms with E-state index in [9.17, 15) is 4.79 Å². The van der Waals surface area contributed by atoms with Gasteiger partial charge in [-0.3, -0.25) is 4.79 Å². The summed E-state index contributed by atoms with van der Waals surface area (Å²) in [4.78, 5) is 13.6. The fraction of sp³-hybridized carbons (Fsp3) is 0.750. The molecule has 0 radical (unpaired) electrons. The Morgan fingerprint density at radius 3 is 2.81 bits per heavy atom. The van der Waals surface area contributed by atoms with E-state index in [2.05, 4.69) is 11.2 Å². The fourth-order valence-electron chi connectivity index (χ4n) is 1.65. The Morgan fingerprint density at radius 1 is 1.56 bits per heavy atom. The van der Waals surface area contributed by atoms with Crippen molar-refractivity contribution in [3.05, 3.63) is 0 Å². The highest BCUT2D eigenvalue weighted by Crippen LogP contribution is 1.99. The van der Waals surface area contributed by atoms with Crippen LogP contribution in [0.3, 0.4) is 0 Å². The van der Waals surface area contributed by atoms with Crippen LogP contribution in [0.5, 0.6) is 0 Å². The van der Waals surface area contributed by atoms with Crippen LogP contribution in [0, 0.1) is 12.3 Å². The Bertz CT molecular complexity index is 254. The van der Waals surface area contributed by atoms with Gasteiger partial charge in [-0.15, -0.1) is 6.42 Å². The second-order valence-electron chi connectivity index (χ2n) is 3.82. The van der Waals surface area contributed by atoms with E-state index >= 15 is 0 Å². The zero-order valence-corrected chi connectivity index (χ0v) is 9.87. The van der Waals surface area contributed by atoms with Gasteiger partial charge in [-0.25, -0.2) is 0 Å². The molecule has 0 aliphatic carbocycles. The van der Waals surface area contributed by atoms with E-state index in [0.717, 1.165) is 6.42 Å². The van der Waals surface area contributed by atoms with Crippen LogP contribution in [0.2, 0.25) is 0 Å². The Balaban J connectivity index is 2.17. The number of nitrogens with one attached hydrogen (secondary N) is 1. The quantitative estimate of drug-likeness (QED) is 0.680. The van der Waals surface area contributed by atoms with Gasteiger partial charge >= 0.3 is 0 Å². The third-order valence-corrected chi connectivity index (χ3v) is 2.70. The molecule has 0 aromatic carbocycles. The molecule has 4 nitrogen and oxygen atoms in total. The van der Waals surface area contributed by atoms with Crippen molar-refractivity contribution in [2.45, 2.75) is 25.8 Å². The lowest BCUT2D eigenvalue weighted by Crippen LogP contribution is -2.42. The van der Waals surface area contributed by atoms with Gasteiger partial charge in [-0.1, -0.05) is 12.8 Å². The number of carbonyl (C=O) groups is 1. The number of nitrogens with zero attached hydrogens (tertiary/aromatic N) is 1. The van der Waals surface area contributed by atoms with Crippen molar-refractivity contribution in [2.24, 2.45) is 0 Å². The molecule has 1 amide bonds. The first-order chi connectivity index (χ1) is 7.77. The molecule has 1 fully saturated rings. The molecule has 0 aromatic rings. The van der Waals surface area contributed by atoms with Crippen molar-refractivity contribution < 1.29 is 9.53 Å². The highest BCUT2D eigenvalue weighted by molar-refractivity contribution is 5.76. The number of terminal acetylenes is 1. The smallest absolute Gasteiger partial charge is 0.224 e. The minimum Gasteiger partial charge on any atom is -0.378 e. The molecule has 0 saturated carbocycles. The van der Waals surface area contributed by atoms with Gasteiger partial charge in [0.25, 0.3) is 0 Å². The molecule has 4 heteroatoms. The van der Waals surface area contributed by atoms with Crippen LogP contribution in [0.4, 0.5) is 0 Å². The Hall–Kier alpha value is -1.05. The van der Waals surface area contributed by atoms with Gasteiger partial charge in [-0.2, -0.15) is 0 Å². The number of rotatable bonds is 5. The molecule has 0 aromatic heterocycles. The standard InChI is InChI=1S/C12H20N2O2/c1-3-11(4-2)13-6-5-12(15)14-7-9-16-10-8-14/h1,11,13H,4-10H2,2H3. The van der Waals surface area contributed by atoms with Crippen molar-refractivity contribution >= 4 is 5.91 Å². The summed E-state index contributed by atoms with van der Waals surface area (Å²) in [6.07, 6.45) is 6.72. The Morgan fingerprint density at radius 2 is 2.25 bits per heavy atom. The molecule has 16 heavy (non-hydrogen) atoms. The van der Waals surface area contributed by atoms with Gasteiger partial charge < -0.3 is 15.0 Å². The van der Waals surface area contributed by atoms with Crippen LogP contribution in [0.15, 0.2) is 0 Å². The van der Waals surface area contributed by atoms with Gasteiger partial charge in [0.2, 0.25) is 5.91 Å². The van der Waals surface area contributed by atoms with E-state index in [1.54, 1.807) is 0 Å². The molecule has 1 N–H and O–H groups in total.